The van der Waals surface area contributed by atoms with E-state index in [0.29, 0.717) is 5.56 Å². The number of hydrogen-bond acceptors (Lipinski definition) is 5. The lowest BCUT2D eigenvalue weighted by molar-refractivity contribution is -0.140. The van der Waals surface area contributed by atoms with Crippen LogP contribution in [0.1, 0.15) is 35.2 Å². The lowest BCUT2D eigenvalue weighted by atomic mass is 9.91. The number of aliphatic hydroxyl groups is 1. The van der Waals surface area contributed by atoms with Crippen molar-refractivity contribution in [2.75, 3.05) is 0 Å². The molecule has 2 aliphatic rings. The molecule has 1 fully saturated rings. The highest BCUT2D eigenvalue weighted by atomic mass is 16.5. The van der Waals surface area contributed by atoms with E-state index in [4.69, 9.17) is 4.74 Å². The number of likely N-dealkylation sites (tertiary alicyclic amines) is 1. The summed E-state index contributed by atoms with van der Waals surface area (Å²) >= 11 is 0. The van der Waals surface area contributed by atoms with Crippen LogP contribution in [-0.2, 0) is 22.6 Å². The Hall–Kier alpha value is -4.45. The van der Waals surface area contributed by atoms with Crippen LogP contribution in [0.5, 0.6) is 5.75 Å². The minimum atomic E-state index is -0.750. The highest BCUT2D eigenvalue weighted by Gasteiger charge is 2.46. The van der Waals surface area contributed by atoms with Crippen molar-refractivity contribution in [1.82, 2.24) is 9.88 Å². The lowest BCUT2D eigenvalue weighted by Gasteiger charge is -2.26. The van der Waals surface area contributed by atoms with E-state index in [1.807, 2.05) is 67.6 Å². The summed E-state index contributed by atoms with van der Waals surface area (Å²) in [6.07, 6.45) is 4.12. The molecule has 0 spiro atoms. The smallest absolute Gasteiger partial charge is 0.295 e. The molecule has 6 heteroatoms. The monoisotopic (exact) mass is 476 g/mol. The number of amides is 1. The summed E-state index contributed by atoms with van der Waals surface area (Å²) in [5.41, 5.74) is 3.14. The second-order valence-electron chi connectivity index (χ2n) is 9.31. The van der Waals surface area contributed by atoms with Gasteiger partial charge in [-0.1, -0.05) is 48.5 Å². The number of fused-ring (bicyclic) bond motifs is 2. The molecule has 36 heavy (non-hydrogen) atoms. The molecule has 0 aliphatic carbocycles. The number of ether oxygens (including phenoxy) is 1. The van der Waals surface area contributed by atoms with Crippen LogP contribution >= 0.6 is 0 Å². The average molecular weight is 477 g/mol. The van der Waals surface area contributed by atoms with Crippen LogP contribution < -0.4 is 4.74 Å². The highest BCUT2D eigenvalue weighted by molar-refractivity contribution is 6.46. The maximum absolute atomic E-state index is 13.5. The van der Waals surface area contributed by atoms with E-state index >= 15 is 0 Å². The molecule has 1 N–H and O–H groups in total. The number of rotatable bonds is 4. The third-order valence-corrected chi connectivity index (χ3v) is 6.90. The number of nitrogens with zero attached hydrogens (tertiary/aromatic N) is 2. The summed E-state index contributed by atoms with van der Waals surface area (Å²) in [5.74, 6) is -0.736. The Morgan fingerprint density at radius 3 is 2.72 bits per heavy atom. The maximum Gasteiger partial charge on any atom is 0.295 e. The van der Waals surface area contributed by atoms with Crippen molar-refractivity contribution in [2.24, 2.45) is 0 Å². The van der Waals surface area contributed by atoms with Crippen molar-refractivity contribution in [2.45, 2.75) is 32.0 Å². The SMILES string of the molecule is C[C@H]1Cc2cc(C(O)=C3C(=O)C(=O)N(Cc4cccnc4)[C@@H]3c3cccc4ccccc34)ccc2O1. The van der Waals surface area contributed by atoms with Gasteiger partial charge >= 0.3 is 0 Å². The molecule has 1 amide bonds. The highest BCUT2D eigenvalue weighted by Crippen LogP contribution is 2.43. The molecule has 178 valence electrons. The molecule has 4 aromatic rings. The van der Waals surface area contributed by atoms with E-state index in [2.05, 4.69) is 4.98 Å². The molecule has 0 unspecified atom stereocenters. The first-order chi connectivity index (χ1) is 17.5. The predicted octanol–water partition coefficient (Wildman–Crippen LogP) is 5.18. The minimum absolute atomic E-state index is 0.0538. The van der Waals surface area contributed by atoms with Crippen molar-refractivity contribution in [3.63, 3.8) is 0 Å². The zero-order chi connectivity index (χ0) is 24.8. The Balaban J connectivity index is 1.54. The van der Waals surface area contributed by atoms with Gasteiger partial charge in [0.25, 0.3) is 11.7 Å². The number of aromatic nitrogens is 1. The van der Waals surface area contributed by atoms with E-state index in [-0.39, 0.29) is 24.0 Å². The van der Waals surface area contributed by atoms with Crippen LogP contribution in [0.25, 0.3) is 16.5 Å². The Labute approximate surface area is 208 Å². The van der Waals surface area contributed by atoms with Gasteiger partial charge in [-0.05, 0) is 58.7 Å². The Kier molecular flexibility index (Phi) is 5.29. The quantitative estimate of drug-likeness (QED) is 0.249. The fourth-order valence-electron chi connectivity index (χ4n) is 5.27. The molecular weight excluding hydrogens is 452 g/mol. The molecule has 0 saturated carbocycles. The Morgan fingerprint density at radius 1 is 1.06 bits per heavy atom. The summed E-state index contributed by atoms with van der Waals surface area (Å²) in [6.45, 7) is 2.18. The Morgan fingerprint density at radius 2 is 1.89 bits per heavy atom. The summed E-state index contributed by atoms with van der Waals surface area (Å²) in [5, 5.41) is 13.4. The van der Waals surface area contributed by atoms with Gasteiger partial charge < -0.3 is 14.7 Å². The maximum atomic E-state index is 13.5. The van der Waals surface area contributed by atoms with Gasteiger partial charge in [0.05, 0.1) is 11.6 Å². The van der Waals surface area contributed by atoms with Crippen molar-refractivity contribution in [1.29, 1.82) is 0 Å². The number of carbonyl (C=O) groups is 2. The van der Waals surface area contributed by atoms with Gasteiger partial charge in [-0.2, -0.15) is 0 Å². The molecule has 1 aromatic heterocycles. The van der Waals surface area contributed by atoms with Crippen molar-refractivity contribution in [3.8, 4) is 5.75 Å². The number of carbonyl (C=O) groups excluding carboxylic acids is 2. The first-order valence-corrected chi connectivity index (χ1v) is 12.0. The normalized spacial score (nSPS) is 20.5. The van der Waals surface area contributed by atoms with Gasteiger partial charge in [0, 0.05) is 30.9 Å². The zero-order valence-electron chi connectivity index (χ0n) is 19.7. The van der Waals surface area contributed by atoms with Crippen LogP contribution in [0.3, 0.4) is 0 Å². The van der Waals surface area contributed by atoms with Gasteiger partial charge in [0.2, 0.25) is 0 Å². The van der Waals surface area contributed by atoms with Crippen molar-refractivity contribution >= 4 is 28.2 Å². The van der Waals surface area contributed by atoms with Crippen LogP contribution in [-0.4, -0.2) is 32.8 Å². The number of Topliss-reactive ketones (excluding diaryl/α,β-unsaturated/α-hetero) is 1. The van der Waals surface area contributed by atoms with Gasteiger partial charge in [0.15, 0.2) is 0 Å². The molecule has 0 radical (unpaired) electrons. The third kappa shape index (κ3) is 3.62. The van der Waals surface area contributed by atoms with E-state index in [1.165, 1.54) is 4.90 Å². The third-order valence-electron chi connectivity index (χ3n) is 6.90. The summed E-state index contributed by atoms with van der Waals surface area (Å²) in [7, 11) is 0. The molecule has 3 heterocycles. The van der Waals surface area contributed by atoms with E-state index in [9.17, 15) is 14.7 Å². The van der Waals surface area contributed by atoms with E-state index in [1.54, 1.807) is 24.5 Å². The fourth-order valence-corrected chi connectivity index (χ4v) is 5.27. The van der Waals surface area contributed by atoms with Gasteiger partial charge in [-0.15, -0.1) is 0 Å². The second-order valence-corrected chi connectivity index (χ2v) is 9.31. The topological polar surface area (TPSA) is 79.7 Å². The molecule has 2 aliphatic heterocycles. The van der Waals surface area contributed by atoms with Crippen LogP contribution in [0, 0.1) is 0 Å². The lowest BCUT2D eigenvalue weighted by Crippen LogP contribution is -2.29. The molecule has 6 nitrogen and oxygen atoms in total. The fraction of sp³-hybridized carbons (Fsp3) is 0.167. The standard InChI is InChI=1S/C30H24N2O4/c1-18-14-22-15-21(11-12-25(22)36-18)28(33)26-27(24-10-4-8-20-7-2-3-9-23(20)24)32(30(35)29(26)34)17-19-6-5-13-31-16-19/h2-13,15-16,18,27,33H,14,17H2,1H3/t18-,27+/m0/s1. The van der Waals surface area contributed by atoms with Gasteiger partial charge in [-0.25, -0.2) is 0 Å². The van der Waals surface area contributed by atoms with Crippen molar-refractivity contribution < 1.29 is 19.4 Å². The largest absolute Gasteiger partial charge is 0.507 e. The first-order valence-electron chi connectivity index (χ1n) is 12.0. The number of pyridine rings is 1. The molecule has 2 atom stereocenters. The van der Waals surface area contributed by atoms with Crippen LogP contribution in [0.2, 0.25) is 0 Å². The zero-order valence-corrected chi connectivity index (χ0v) is 19.7. The van der Waals surface area contributed by atoms with Crippen LogP contribution in [0.4, 0.5) is 0 Å². The molecular formula is C30H24N2O4. The van der Waals surface area contributed by atoms with Crippen molar-refractivity contribution in [3.05, 3.63) is 113 Å². The second kappa shape index (κ2) is 8.64. The predicted molar refractivity (Wildman–Crippen MR) is 136 cm³/mol. The summed E-state index contributed by atoms with van der Waals surface area (Å²) in [4.78, 5) is 32.6. The van der Waals surface area contributed by atoms with E-state index in [0.717, 1.165) is 39.6 Å². The molecule has 0 bridgehead atoms. The Bertz CT molecular complexity index is 1540. The number of ketones is 1. The summed E-state index contributed by atoms with van der Waals surface area (Å²) < 4.78 is 5.79. The van der Waals surface area contributed by atoms with Crippen LogP contribution in [0.15, 0.2) is 90.8 Å². The summed E-state index contributed by atoms with van der Waals surface area (Å²) in [6, 6.07) is 22.0. The number of aliphatic hydroxyl groups excluding tert-OH is 1. The molecule has 6 rings (SSSR count). The van der Waals surface area contributed by atoms with Gasteiger partial charge in [0.1, 0.15) is 17.6 Å². The van der Waals surface area contributed by atoms with Gasteiger partial charge in [-0.3, -0.25) is 14.6 Å². The van der Waals surface area contributed by atoms with E-state index < -0.39 is 17.7 Å². The number of benzene rings is 3. The molecule has 1 saturated heterocycles. The minimum Gasteiger partial charge on any atom is -0.507 e. The average Bonchev–Trinajstić information content (AvgIpc) is 3.39. The number of hydrogen-bond donors (Lipinski definition) is 1. The first kappa shape index (κ1) is 22.0. The molecule has 3 aromatic carbocycles.